The van der Waals surface area contributed by atoms with Crippen LogP contribution in [0, 0.1) is 5.82 Å². The summed E-state index contributed by atoms with van der Waals surface area (Å²) in [6.45, 7) is 2.24. The van der Waals surface area contributed by atoms with Crippen molar-refractivity contribution in [3.63, 3.8) is 0 Å². The smallest absolute Gasteiger partial charge is 0.123 e. The summed E-state index contributed by atoms with van der Waals surface area (Å²) >= 11 is 0. The van der Waals surface area contributed by atoms with Gasteiger partial charge in [0.25, 0.3) is 0 Å². The maximum absolute atomic E-state index is 12.7. The van der Waals surface area contributed by atoms with Gasteiger partial charge in [-0.2, -0.15) is 0 Å². The zero-order valence-corrected chi connectivity index (χ0v) is 12.1. The highest BCUT2D eigenvalue weighted by Crippen LogP contribution is 2.29. The monoisotopic (exact) mass is 281 g/mol. The van der Waals surface area contributed by atoms with Crippen LogP contribution in [0.3, 0.4) is 0 Å². The number of likely N-dealkylation sites (N-methyl/N-ethyl adjacent to an activating group) is 1. The van der Waals surface area contributed by atoms with Gasteiger partial charge in [-0.05, 0) is 50.6 Å². The first-order valence-electron chi connectivity index (χ1n) is 7.37. The topological polar surface area (TPSA) is 32.7 Å². The summed E-state index contributed by atoms with van der Waals surface area (Å²) in [5, 5.41) is 10.3. The molecule has 1 fully saturated rings. The molecule has 1 aromatic carbocycles. The van der Waals surface area contributed by atoms with Gasteiger partial charge in [-0.3, -0.25) is 0 Å². The minimum atomic E-state index is -0.480. The highest BCUT2D eigenvalue weighted by molar-refractivity contribution is 5.21. The van der Waals surface area contributed by atoms with Crippen LogP contribution in [0.5, 0.6) is 5.75 Å². The standard InChI is InChI=1S/C16H24FNO2/c1-18(13-16(19)9-2-3-10-16)11-4-12-20-15-7-5-14(17)6-8-15/h5-8,19H,2-4,9-13H2,1H3. The van der Waals surface area contributed by atoms with Crippen molar-refractivity contribution in [3.05, 3.63) is 30.1 Å². The van der Waals surface area contributed by atoms with E-state index in [2.05, 4.69) is 4.90 Å². The molecule has 0 saturated heterocycles. The summed E-state index contributed by atoms with van der Waals surface area (Å²) in [4.78, 5) is 2.17. The van der Waals surface area contributed by atoms with Crippen LogP contribution in [0.15, 0.2) is 24.3 Å². The molecule has 1 aromatic rings. The van der Waals surface area contributed by atoms with Crippen LogP contribution < -0.4 is 4.74 Å². The van der Waals surface area contributed by atoms with Crippen LogP contribution in [0.2, 0.25) is 0 Å². The molecule has 3 nitrogen and oxygen atoms in total. The Bertz CT molecular complexity index is 401. The third-order valence-electron chi connectivity index (χ3n) is 3.87. The molecule has 2 rings (SSSR count). The minimum Gasteiger partial charge on any atom is -0.494 e. The van der Waals surface area contributed by atoms with Crippen molar-refractivity contribution in [2.45, 2.75) is 37.7 Å². The average Bonchev–Trinajstić information content (AvgIpc) is 2.83. The molecule has 0 aromatic heterocycles. The van der Waals surface area contributed by atoms with Crippen LogP contribution in [0.4, 0.5) is 4.39 Å². The Morgan fingerprint density at radius 3 is 2.55 bits per heavy atom. The number of aliphatic hydroxyl groups is 1. The number of nitrogens with zero attached hydrogens (tertiary/aromatic N) is 1. The molecular weight excluding hydrogens is 257 g/mol. The van der Waals surface area contributed by atoms with E-state index in [-0.39, 0.29) is 5.82 Å². The van der Waals surface area contributed by atoms with Crippen molar-refractivity contribution >= 4 is 0 Å². The number of rotatable bonds is 7. The Kier molecular flexibility index (Phi) is 5.38. The molecule has 1 saturated carbocycles. The van der Waals surface area contributed by atoms with E-state index in [0.29, 0.717) is 12.4 Å². The van der Waals surface area contributed by atoms with E-state index in [1.165, 1.54) is 12.1 Å². The number of hydrogen-bond acceptors (Lipinski definition) is 3. The van der Waals surface area contributed by atoms with Gasteiger partial charge in [0.1, 0.15) is 11.6 Å². The van der Waals surface area contributed by atoms with Crippen LogP contribution >= 0.6 is 0 Å². The largest absolute Gasteiger partial charge is 0.494 e. The number of hydrogen-bond donors (Lipinski definition) is 1. The van der Waals surface area contributed by atoms with Crippen molar-refractivity contribution in [3.8, 4) is 5.75 Å². The summed E-state index contributed by atoms with van der Waals surface area (Å²) in [5.74, 6) is 0.449. The van der Waals surface area contributed by atoms with Crippen molar-refractivity contribution in [2.24, 2.45) is 0 Å². The zero-order chi connectivity index (χ0) is 14.4. The molecule has 112 valence electrons. The molecule has 4 heteroatoms. The Labute approximate surface area is 120 Å². The summed E-state index contributed by atoms with van der Waals surface area (Å²) in [6.07, 6.45) is 5.01. The Hall–Kier alpha value is -1.13. The summed E-state index contributed by atoms with van der Waals surface area (Å²) in [6, 6.07) is 6.08. The summed E-state index contributed by atoms with van der Waals surface area (Å²) in [5.41, 5.74) is -0.480. The van der Waals surface area contributed by atoms with Crippen molar-refractivity contribution < 1.29 is 14.2 Å². The fourth-order valence-corrected chi connectivity index (χ4v) is 2.83. The van der Waals surface area contributed by atoms with Crippen LogP contribution in [-0.4, -0.2) is 42.4 Å². The Morgan fingerprint density at radius 1 is 1.25 bits per heavy atom. The van der Waals surface area contributed by atoms with Crippen molar-refractivity contribution in [2.75, 3.05) is 26.7 Å². The fourth-order valence-electron chi connectivity index (χ4n) is 2.83. The molecule has 20 heavy (non-hydrogen) atoms. The maximum atomic E-state index is 12.7. The lowest BCUT2D eigenvalue weighted by Gasteiger charge is -2.28. The van der Waals surface area contributed by atoms with E-state index < -0.39 is 5.60 Å². The SMILES string of the molecule is CN(CCCOc1ccc(F)cc1)CC1(O)CCCC1. The molecule has 0 unspecified atom stereocenters. The van der Waals surface area contributed by atoms with Gasteiger partial charge in [0.15, 0.2) is 0 Å². The van der Waals surface area contributed by atoms with Gasteiger partial charge < -0.3 is 14.7 Å². The molecule has 0 aliphatic heterocycles. The van der Waals surface area contributed by atoms with Gasteiger partial charge in [-0.1, -0.05) is 12.8 Å². The predicted octanol–water partition coefficient (Wildman–Crippen LogP) is 2.83. The van der Waals surface area contributed by atoms with E-state index >= 15 is 0 Å². The fraction of sp³-hybridized carbons (Fsp3) is 0.625. The molecule has 0 atom stereocenters. The van der Waals surface area contributed by atoms with Crippen molar-refractivity contribution in [1.29, 1.82) is 0 Å². The van der Waals surface area contributed by atoms with Gasteiger partial charge >= 0.3 is 0 Å². The van der Waals surface area contributed by atoms with Crippen LogP contribution in [0.1, 0.15) is 32.1 Å². The van der Waals surface area contributed by atoms with Gasteiger partial charge in [-0.25, -0.2) is 4.39 Å². The van der Waals surface area contributed by atoms with Gasteiger partial charge in [0.2, 0.25) is 0 Å². The average molecular weight is 281 g/mol. The van der Waals surface area contributed by atoms with Gasteiger partial charge in [-0.15, -0.1) is 0 Å². The highest BCUT2D eigenvalue weighted by Gasteiger charge is 2.31. The molecule has 1 aliphatic rings. The Balaban J connectivity index is 1.61. The normalized spacial score (nSPS) is 17.6. The quantitative estimate of drug-likeness (QED) is 0.780. The lowest BCUT2D eigenvalue weighted by atomic mass is 10.0. The van der Waals surface area contributed by atoms with Crippen LogP contribution in [0.25, 0.3) is 0 Å². The summed E-state index contributed by atoms with van der Waals surface area (Å²) < 4.78 is 18.3. The van der Waals surface area contributed by atoms with E-state index in [0.717, 1.165) is 45.2 Å². The molecule has 1 N–H and O–H groups in total. The van der Waals surface area contributed by atoms with E-state index in [4.69, 9.17) is 4.74 Å². The summed E-state index contributed by atoms with van der Waals surface area (Å²) in [7, 11) is 2.04. The maximum Gasteiger partial charge on any atom is 0.123 e. The minimum absolute atomic E-state index is 0.248. The molecule has 0 bridgehead atoms. The zero-order valence-electron chi connectivity index (χ0n) is 12.1. The van der Waals surface area contributed by atoms with Crippen molar-refractivity contribution in [1.82, 2.24) is 4.90 Å². The predicted molar refractivity (Wildman–Crippen MR) is 77.4 cm³/mol. The van der Waals surface area contributed by atoms with Crippen LogP contribution in [-0.2, 0) is 0 Å². The second-order valence-electron chi connectivity index (χ2n) is 5.83. The first-order chi connectivity index (χ1) is 9.57. The first-order valence-corrected chi connectivity index (χ1v) is 7.37. The highest BCUT2D eigenvalue weighted by atomic mass is 19.1. The lowest BCUT2D eigenvalue weighted by Crippen LogP contribution is -2.39. The lowest BCUT2D eigenvalue weighted by molar-refractivity contribution is 0.0155. The molecule has 0 amide bonds. The third kappa shape index (κ3) is 4.76. The third-order valence-corrected chi connectivity index (χ3v) is 3.87. The second-order valence-corrected chi connectivity index (χ2v) is 5.83. The number of ether oxygens (including phenoxy) is 1. The number of benzene rings is 1. The first kappa shape index (κ1) is 15.3. The Morgan fingerprint density at radius 2 is 1.90 bits per heavy atom. The molecule has 0 spiro atoms. The van der Waals surface area contributed by atoms with E-state index in [1.807, 2.05) is 7.05 Å². The molecule has 0 heterocycles. The van der Waals surface area contributed by atoms with E-state index in [1.54, 1.807) is 12.1 Å². The molecule has 1 aliphatic carbocycles. The molecule has 0 radical (unpaired) electrons. The van der Waals surface area contributed by atoms with E-state index in [9.17, 15) is 9.50 Å². The molecular formula is C16H24FNO2. The number of halogens is 1. The second kappa shape index (κ2) is 7.04. The van der Waals surface area contributed by atoms with Gasteiger partial charge in [0.05, 0.1) is 12.2 Å². The van der Waals surface area contributed by atoms with Gasteiger partial charge in [0, 0.05) is 13.1 Å².